The van der Waals surface area contributed by atoms with Gasteiger partial charge in [0.05, 0.1) is 8.47 Å². The number of sulfonamides is 1. The minimum atomic E-state index is -4.93. The van der Waals surface area contributed by atoms with E-state index in [2.05, 4.69) is 15.7 Å². The predicted molar refractivity (Wildman–Crippen MR) is 117 cm³/mol. The maximum atomic E-state index is 12.3. The lowest BCUT2D eigenvalue weighted by molar-refractivity contribution is -0.274. The van der Waals surface area contributed by atoms with Crippen LogP contribution in [0.4, 0.5) is 13.2 Å². The summed E-state index contributed by atoms with van der Waals surface area (Å²) in [5.74, 6) is -1.89. The van der Waals surface area contributed by atoms with E-state index in [0.29, 0.717) is 9.32 Å². The van der Waals surface area contributed by atoms with Crippen molar-refractivity contribution in [3.05, 3.63) is 63.8 Å². The summed E-state index contributed by atoms with van der Waals surface area (Å²) in [4.78, 5) is 10.8. The Morgan fingerprint density at radius 1 is 1.15 bits per heavy atom. The van der Waals surface area contributed by atoms with Crippen LogP contribution in [0.25, 0.3) is 0 Å². The van der Waals surface area contributed by atoms with Gasteiger partial charge in [-0.3, -0.25) is 0 Å². The summed E-state index contributed by atoms with van der Waals surface area (Å²) in [7, 11) is -4.47. The van der Waals surface area contributed by atoms with Crippen molar-refractivity contribution in [1.82, 2.24) is 0 Å². The lowest BCUT2D eigenvalue weighted by atomic mass is 10.2. The third-order valence-electron chi connectivity index (χ3n) is 3.66. The zero-order valence-electron chi connectivity index (χ0n) is 16.9. The highest BCUT2D eigenvalue weighted by molar-refractivity contribution is 14.1. The summed E-state index contributed by atoms with van der Waals surface area (Å²) in [5, 5.41) is 12.3. The molecule has 0 saturated heterocycles. The van der Waals surface area contributed by atoms with Crippen LogP contribution in [-0.4, -0.2) is 39.9 Å². The van der Waals surface area contributed by atoms with Gasteiger partial charge in [-0.05, 0) is 71.5 Å². The summed E-state index contributed by atoms with van der Waals surface area (Å²) in [5.41, 5.74) is 0.192. The first-order valence-electron chi connectivity index (χ1n) is 8.91. The van der Waals surface area contributed by atoms with Crippen molar-refractivity contribution in [2.45, 2.75) is 18.2 Å². The second kappa shape index (κ2) is 10.9. The Morgan fingerprint density at radius 2 is 1.79 bits per heavy atom. The van der Waals surface area contributed by atoms with E-state index >= 15 is 0 Å². The number of hydrogen-bond acceptors (Lipinski definition) is 7. The van der Waals surface area contributed by atoms with Crippen molar-refractivity contribution in [1.29, 1.82) is 0 Å². The van der Waals surface area contributed by atoms with Crippen molar-refractivity contribution in [3.8, 4) is 11.5 Å². The lowest BCUT2D eigenvalue weighted by Crippen LogP contribution is -2.21. The van der Waals surface area contributed by atoms with Gasteiger partial charge in [-0.25, -0.2) is 4.79 Å². The number of carbonyl (C=O) groups excluding carboxylic acids is 1. The fourth-order valence-electron chi connectivity index (χ4n) is 2.19. The molecule has 33 heavy (non-hydrogen) atoms. The van der Waals surface area contributed by atoms with E-state index in [-0.39, 0.29) is 24.4 Å². The Hall–Kier alpha value is -2.81. The molecule has 0 aliphatic carbocycles. The molecule has 0 N–H and O–H groups in total. The number of halogens is 4. The second-order valence-corrected chi connectivity index (χ2v) is 9.07. The van der Waals surface area contributed by atoms with Gasteiger partial charge in [-0.1, -0.05) is 12.6 Å². The molecule has 0 bridgehead atoms. The van der Waals surface area contributed by atoms with Gasteiger partial charge in [-0.2, -0.15) is 12.8 Å². The van der Waals surface area contributed by atoms with E-state index < -0.39 is 38.9 Å². The zero-order valence-corrected chi connectivity index (χ0v) is 19.9. The molecule has 8 nitrogen and oxygen atoms in total. The fourth-order valence-corrected chi connectivity index (χ4v) is 3.77. The third-order valence-corrected chi connectivity index (χ3v) is 5.78. The third kappa shape index (κ3) is 8.24. The molecule has 2 aromatic carbocycles. The summed E-state index contributed by atoms with van der Waals surface area (Å²) < 4.78 is 78.9. The Kier molecular flexibility index (Phi) is 8.71. The number of ether oxygens (including phenoxy) is 3. The van der Waals surface area contributed by atoms with Gasteiger partial charge in [0, 0.05) is 11.5 Å². The first-order chi connectivity index (χ1) is 15.3. The number of hydrogen-bond donors (Lipinski definition) is 0. The average Bonchev–Trinajstić information content (AvgIpc) is 2.70. The molecule has 0 atom stereocenters. The van der Waals surface area contributed by atoms with Crippen LogP contribution >= 0.6 is 22.6 Å². The molecule has 0 radical (unpaired) electrons. The van der Waals surface area contributed by atoms with Crippen LogP contribution in [-0.2, 0) is 19.6 Å². The summed E-state index contributed by atoms with van der Waals surface area (Å²) in [6, 6.07) is 7.33. The molecule has 13 heteroatoms. The molecule has 0 aliphatic rings. The lowest BCUT2D eigenvalue weighted by Gasteiger charge is -2.14. The largest absolute Gasteiger partial charge is 0.858 e. The molecule has 0 unspecified atom stereocenters. The van der Waals surface area contributed by atoms with E-state index in [1.165, 1.54) is 25.1 Å². The van der Waals surface area contributed by atoms with Crippen LogP contribution in [0.15, 0.2) is 63.9 Å². The Bertz CT molecular complexity index is 1160. The van der Waals surface area contributed by atoms with Crippen LogP contribution < -0.4 is 14.6 Å². The van der Waals surface area contributed by atoms with Crippen LogP contribution in [0.5, 0.6) is 11.5 Å². The van der Waals surface area contributed by atoms with Crippen molar-refractivity contribution >= 4 is 44.5 Å². The highest BCUT2D eigenvalue weighted by atomic mass is 127. The number of alkyl halides is 3. The predicted octanol–water partition coefficient (Wildman–Crippen LogP) is 3.18. The van der Waals surface area contributed by atoms with Gasteiger partial charge < -0.3 is 19.3 Å². The maximum absolute atomic E-state index is 12.3. The number of carbonyl (C=O) groups is 1. The molecule has 0 spiro atoms. The van der Waals surface area contributed by atoms with Gasteiger partial charge >= 0.3 is 12.3 Å². The smallest absolute Gasteiger partial charge is 0.573 e. The van der Waals surface area contributed by atoms with E-state index in [0.717, 1.165) is 24.3 Å². The molecule has 178 valence electrons. The SMILES string of the molecule is C=C(C)C(=O)OCCOc1ccc(/C([O-])=N/S(=O)(=O)c2ccc(OC(F)(F)F)cc2)cc1I. The molecule has 0 aromatic heterocycles. The highest BCUT2D eigenvalue weighted by Crippen LogP contribution is 2.25. The molecule has 0 aliphatic heterocycles. The van der Waals surface area contributed by atoms with E-state index in [4.69, 9.17) is 9.47 Å². The van der Waals surface area contributed by atoms with Crippen molar-refractivity contribution in [2.24, 2.45) is 4.40 Å². The van der Waals surface area contributed by atoms with Gasteiger partial charge in [0.15, 0.2) is 0 Å². The monoisotopic (exact) mass is 598 g/mol. The van der Waals surface area contributed by atoms with Crippen molar-refractivity contribution in [3.63, 3.8) is 0 Å². The van der Waals surface area contributed by atoms with Crippen molar-refractivity contribution < 1.29 is 45.7 Å². The molecule has 0 heterocycles. The number of nitrogens with zero attached hydrogens (tertiary/aromatic N) is 1. The van der Waals surface area contributed by atoms with Crippen LogP contribution in [0.1, 0.15) is 12.5 Å². The summed E-state index contributed by atoms with van der Waals surface area (Å²) in [6.07, 6.45) is -4.93. The number of esters is 1. The van der Waals surface area contributed by atoms with Crippen LogP contribution in [0, 0.1) is 3.57 Å². The Labute approximate surface area is 200 Å². The first-order valence-corrected chi connectivity index (χ1v) is 11.4. The van der Waals surface area contributed by atoms with E-state index in [1.807, 2.05) is 22.6 Å². The molecular weight excluding hydrogens is 582 g/mol. The molecule has 2 aromatic rings. The zero-order chi connectivity index (χ0) is 24.8. The van der Waals surface area contributed by atoms with E-state index in [1.54, 1.807) is 0 Å². The Balaban J connectivity index is 2.09. The van der Waals surface area contributed by atoms with Gasteiger partial charge in [0.25, 0.3) is 10.0 Å². The first kappa shape index (κ1) is 26.4. The van der Waals surface area contributed by atoms with Crippen molar-refractivity contribution in [2.75, 3.05) is 13.2 Å². The number of benzene rings is 2. The highest BCUT2D eigenvalue weighted by Gasteiger charge is 2.31. The van der Waals surface area contributed by atoms with Gasteiger partial charge in [-0.15, -0.1) is 13.2 Å². The molecule has 0 fully saturated rings. The number of rotatable bonds is 9. The van der Waals surface area contributed by atoms with Gasteiger partial charge in [0.1, 0.15) is 24.7 Å². The fraction of sp³-hybridized carbons (Fsp3) is 0.200. The minimum absolute atomic E-state index is 0.0250. The second-order valence-electron chi connectivity index (χ2n) is 6.30. The standard InChI is InChI=1S/C20H17F3INO7S/c1-12(2)19(27)31-10-9-30-17-8-3-13(11-16(17)24)18(26)25-33(28,29)15-6-4-14(5-7-15)32-20(21,22)23/h3-8,11H,1,9-10H2,2H3,(H,25,26)/p-1. The normalized spacial score (nSPS) is 12.2. The van der Waals surface area contributed by atoms with Crippen LogP contribution in [0.2, 0.25) is 0 Å². The molecular formula is C20H16F3INO7S-. The quantitative estimate of drug-likeness (QED) is 0.109. The topological polar surface area (TPSA) is 114 Å². The average molecular weight is 598 g/mol. The molecule has 2 rings (SSSR count). The molecule has 0 saturated carbocycles. The summed E-state index contributed by atoms with van der Waals surface area (Å²) in [6.45, 7) is 4.96. The van der Waals surface area contributed by atoms with Crippen LogP contribution in [0.3, 0.4) is 0 Å². The molecule has 0 amide bonds. The Morgan fingerprint density at radius 3 is 2.33 bits per heavy atom. The van der Waals surface area contributed by atoms with Gasteiger partial charge in [0.2, 0.25) is 0 Å². The van der Waals surface area contributed by atoms with E-state index in [9.17, 15) is 31.5 Å². The minimum Gasteiger partial charge on any atom is -0.858 e. The summed E-state index contributed by atoms with van der Waals surface area (Å²) >= 11 is 1.86. The maximum Gasteiger partial charge on any atom is 0.573 e.